The van der Waals surface area contributed by atoms with Gasteiger partial charge in [-0.05, 0) is 39.5 Å². The van der Waals surface area contributed by atoms with Crippen LogP contribution in [0.4, 0.5) is 0 Å². The molecule has 96 valence electrons. The molecule has 1 aliphatic rings. The highest BCUT2D eigenvalue weighted by atomic mass is 16.5. The van der Waals surface area contributed by atoms with Crippen LogP contribution in [-0.2, 0) is 4.74 Å². The molecule has 3 heteroatoms. The SMILES string of the molecule is CC(C)(C)OCCNCC1CCCCC1O. The minimum atomic E-state index is -0.0928. The maximum Gasteiger partial charge on any atom is 0.0599 e. The van der Waals surface area contributed by atoms with Crippen molar-refractivity contribution in [2.75, 3.05) is 19.7 Å². The summed E-state index contributed by atoms with van der Waals surface area (Å²) in [7, 11) is 0. The summed E-state index contributed by atoms with van der Waals surface area (Å²) < 4.78 is 5.62. The zero-order valence-electron chi connectivity index (χ0n) is 11.0. The standard InChI is InChI=1S/C13H27NO2/c1-13(2,3)16-9-8-14-10-11-6-4-5-7-12(11)15/h11-12,14-15H,4-10H2,1-3H3. The molecule has 0 heterocycles. The smallest absolute Gasteiger partial charge is 0.0599 e. The molecule has 0 bridgehead atoms. The molecule has 0 aliphatic heterocycles. The Kier molecular flexibility index (Phi) is 5.73. The Labute approximate surface area is 99.6 Å². The summed E-state index contributed by atoms with van der Waals surface area (Å²) in [6.07, 6.45) is 4.50. The predicted octanol–water partition coefficient (Wildman–Crippen LogP) is 1.94. The molecule has 0 spiro atoms. The normalized spacial score (nSPS) is 27.0. The van der Waals surface area contributed by atoms with E-state index in [4.69, 9.17) is 4.74 Å². The van der Waals surface area contributed by atoms with Crippen LogP contribution >= 0.6 is 0 Å². The third-order valence-electron chi connectivity index (χ3n) is 3.09. The second-order valence-corrected chi connectivity index (χ2v) is 5.78. The third kappa shape index (κ3) is 5.83. The summed E-state index contributed by atoms with van der Waals surface area (Å²) in [6.45, 7) is 8.75. The molecule has 1 aliphatic carbocycles. The van der Waals surface area contributed by atoms with Gasteiger partial charge in [0.05, 0.1) is 18.3 Å². The van der Waals surface area contributed by atoms with Crippen molar-refractivity contribution in [1.82, 2.24) is 5.32 Å². The van der Waals surface area contributed by atoms with Gasteiger partial charge in [0.2, 0.25) is 0 Å². The van der Waals surface area contributed by atoms with Crippen molar-refractivity contribution < 1.29 is 9.84 Å². The first-order chi connectivity index (χ1) is 7.49. The quantitative estimate of drug-likeness (QED) is 0.708. The topological polar surface area (TPSA) is 41.5 Å². The minimum absolute atomic E-state index is 0.0496. The van der Waals surface area contributed by atoms with Crippen molar-refractivity contribution in [2.24, 2.45) is 5.92 Å². The second-order valence-electron chi connectivity index (χ2n) is 5.78. The molecule has 1 saturated carbocycles. The lowest BCUT2D eigenvalue weighted by molar-refractivity contribution is -0.00227. The van der Waals surface area contributed by atoms with E-state index < -0.39 is 0 Å². The summed E-state index contributed by atoms with van der Waals surface area (Å²) >= 11 is 0. The van der Waals surface area contributed by atoms with Crippen molar-refractivity contribution in [3.63, 3.8) is 0 Å². The summed E-state index contributed by atoms with van der Waals surface area (Å²) in [5.74, 6) is 0.448. The largest absolute Gasteiger partial charge is 0.393 e. The van der Waals surface area contributed by atoms with Crippen LogP contribution < -0.4 is 5.32 Å². The Morgan fingerprint density at radius 1 is 1.25 bits per heavy atom. The zero-order valence-corrected chi connectivity index (χ0v) is 11.0. The highest BCUT2D eigenvalue weighted by molar-refractivity contribution is 4.76. The number of rotatable bonds is 5. The third-order valence-corrected chi connectivity index (χ3v) is 3.09. The lowest BCUT2D eigenvalue weighted by Crippen LogP contribution is -2.36. The molecule has 0 amide bonds. The molecule has 2 N–H and O–H groups in total. The van der Waals surface area contributed by atoms with E-state index in [-0.39, 0.29) is 11.7 Å². The molecule has 0 aromatic rings. The maximum absolute atomic E-state index is 9.78. The van der Waals surface area contributed by atoms with Gasteiger partial charge >= 0.3 is 0 Å². The van der Waals surface area contributed by atoms with E-state index in [0.29, 0.717) is 5.92 Å². The monoisotopic (exact) mass is 229 g/mol. The van der Waals surface area contributed by atoms with Crippen molar-refractivity contribution >= 4 is 0 Å². The Morgan fingerprint density at radius 2 is 1.94 bits per heavy atom. The molecule has 1 rings (SSSR count). The first-order valence-corrected chi connectivity index (χ1v) is 6.52. The van der Waals surface area contributed by atoms with Crippen LogP contribution in [0.25, 0.3) is 0 Å². The molecule has 0 aromatic carbocycles. The van der Waals surface area contributed by atoms with E-state index in [1.54, 1.807) is 0 Å². The van der Waals surface area contributed by atoms with Crippen LogP contribution in [0.5, 0.6) is 0 Å². The number of aliphatic hydroxyl groups is 1. The fourth-order valence-corrected chi connectivity index (χ4v) is 2.14. The van der Waals surface area contributed by atoms with Crippen molar-refractivity contribution in [2.45, 2.75) is 58.2 Å². The second kappa shape index (κ2) is 6.58. The van der Waals surface area contributed by atoms with Crippen molar-refractivity contribution in [1.29, 1.82) is 0 Å². The molecule has 0 saturated heterocycles. The van der Waals surface area contributed by atoms with E-state index in [2.05, 4.69) is 26.1 Å². The van der Waals surface area contributed by atoms with Gasteiger partial charge < -0.3 is 15.2 Å². The van der Waals surface area contributed by atoms with E-state index in [1.165, 1.54) is 12.8 Å². The van der Waals surface area contributed by atoms with Crippen molar-refractivity contribution in [3.05, 3.63) is 0 Å². The fraction of sp³-hybridized carbons (Fsp3) is 1.00. The molecule has 16 heavy (non-hydrogen) atoms. The van der Waals surface area contributed by atoms with Gasteiger partial charge in [-0.15, -0.1) is 0 Å². The first kappa shape index (κ1) is 13.9. The lowest BCUT2D eigenvalue weighted by Gasteiger charge is -2.28. The van der Waals surface area contributed by atoms with Crippen LogP contribution in [0.1, 0.15) is 46.5 Å². The Hall–Kier alpha value is -0.120. The summed E-state index contributed by atoms with van der Waals surface area (Å²) in [6, 6.07) is 0. The minimum Gasteiger partial charge on any atom is -0.393 e. The molecular weight excluding hydrogens is 202 g/mol. The molecular formula is C13H27NO2. The Bertz CT molecular complexity index is 189. The van der Waals surface area contributed by atoms with Gasteiger partial charge in [0, 0.05) is 13.1 Å². The van der Waals surface area contributed by atoms with Crippen LogP contribution in [0.2, 0.25) is 0 Å². The summed E-state index contributed by atoms with van der Waals surface area (Å²) in [5, 5.41) is 13.2. The van der Waals surface area contributed by atoms with Gasteiger partial charge in [-0.3, -0.25) is 0 Å². The Morgan fingerprint density at radius 3 is 2.56 bits per heavy atom. The van der Waals surface area contributed by atoms with Gasteiger partial charge in [-0.25, -0.2) is 0 Å². The number of hydrogen-bond donors (Lipinski definition) is 2. The predicted molar refractivity (Wildman–Crippen MR) is 66.5 cm³/mol. The van der Waals surface area contributed by atoms with Crippen LogP contribution in [0, 0.1) is 5.92 Å². The summed E-state index contributed by atoms with van der Waals surface area (Å²) in [5.41, 5.74) is -0.0496. The molecule has 0 aromatic heterocycles. The van der Waals surface area contributed by atoms with Crippen molar-refractivity contribution in [3.8, 4) is 0 Å². The van der Waals surface area contributed by atoms with Gasteiger partial charge in [0.1, 0.15) is 0 Å². The lowest BCUT2D eigenvalue weighted by atomic mass is 9.86. The highest BCUT2D eigenvalue weighted by Gasteiger charge is 2.22. The van der Waals surface area contributed by atoms with Crippen LogP contribution in [-0.4, -0.2) is 36.5 Å². The number of aliphatic hydroxyl groups excluding tert-OH is 1. The Balaban J connectivity index is 2.02. The average Bonchev–Trinajstić information content (AvgIpc) is 2.18. The number of ether oxygens (including phenoxy) is 1. The summed E-state index contributed by atoms with van der Waals surface area (Å²) in [4.78, 5) is 0. The molecule has 2 atom stereocenters. The van der Waals surface area contributed by atoms with Crippen LogP contribution in [0.15, 0.2) is 0 Å². The first-order valence-electron chi connectivity index (χ1n) is 6.52. The van der Waals surface area contributed by atoms with Gasteiger partial charge in [-0.2, -0.15) is 0 Å². The van der Waals surface area contributed by atoms with E-state index in [1.807, 2.05) is 0 Å². The molecule has 2 unspecified atom stereocenters. The van der Waals surface area contributed by atoms with E-state index >= 15 is 0 Å². The highest BCUT2D eigenvalue weighted by Crippen LogP contribution is 2.23. The number of hydrogen-bond acceptors (Lipinski definition) is 3. The van der Waals surface area contributed by atoms with E-state index in [9.17, 15) is 5.11 Å². The maximum atomic E-state index is 9.78. The molecule has 3 nitrogen and oxygen atoms in total. The molecule has 1 fully saturated rings. The fourth-order valence-electron chi connectivity index (χ4n) is 2.14. The molecule has 0 radical (unpaired) electrons. The van der Waals surface area contributed by atoms with Gasteiger partial charge in [-0.1, -0.05) is 12.8 Å². The average molecular weight is 229 g/mol. The van der Waals surface area contributed by atoms with E-state index in [0.717, 1.165) is 32.5 Å². The number of nitrogens with one attached hydrogen (secondary N) is 1. The van der Waals surface area contributed by atoms with Gasteiger partial charge in [0.15, 0.2) is 0 Å². The van der Waals surface area contributed by atoms with Gasteiger partial charge in [0.25, 0.3) is 0 Å². The zero-order chi connectivity index (χ0) is 12.0. The van der Waals surface area contributed by atoms with Crippen LogP contribution in [0.3, 0.4) is 0 Å².